The summed E-state index contributed by atoms with van der Waals surface area (Å²) in [5.41, 5.74) is -1.34. The minimum atomic E-state index is -4.93. The van der Waals surface area contributed by atoms with E-state index < -0.39 is 23.3 Å². The van der Waals surface area contributed by atoms with E-state index >= 15 is 0 Å². The van der Waals surface area contributed by atoms with Crippen molar-refractivity contribution < 1.29 is 26.7 Å². The summed E-state index contributed by atoms with van der Waals surface area (Å²) in [7, 11) is 0. The Balaban J connectivity index is 2.14. The van der Waals surface area contributed by atoms with Crippen molar-refractivity contribution in [2.45, 2.75) is 32.4 Å². The lowest BCUT2D eigenvalue weighted by Crippen LogP contribution is -2.16. The highest BCUT2D eigenvalue weighted by Crippen LogP contribution is 2.33. The van der Waals surface area contributed by atoms with Crippen LogP contribution in [0.5, 0.6) is 0 Å². The smallest absolute Gasteiger partial charge is 0.295 e. The van der Waals surface area contributed by atoms with Gasteiger partial charge >= 0.3 is 11.9 Å². The maximum atomic E-state index is 13.5. The van der Waals surface area contributed by atoms with Crippen molar-refractivity contribution >= 4 is 0 Å². The third-order valence-corrected chi connectivity index (χ3v) is 3.65. The minimum absolute atomic E-state index is 0.0715. The van der Waals surface area contributed by atoms with Gasteiger partial charge in [-0.3, -0.25) is 4.52 Å². The van der Waals surface area contributed by atoms with Gasteiger partial charge in [0.05, 0.1) is 11.3 Å². The van der Waals surface area contributed by atoms with Crippen molar-refractivity contribution in [2.24, 2.45) is 0 Å². The van der Waals surface area contributed by atoms with Gasteiger partial charge in [0, 0.05) is 0 Å². The zero-order chi connectivity index (χ0) is 18.9. The molecule has 0 fully saturated rings. The summed E-state index contributed by atoms with van der Waals surface area (Å²) in [5.74, 6) is -2.69. The molecule has 3 aromatic rings. The van der Waals surface area contributed by atoms with Crippen molar-refractivity contribution in [1.82, 2.24) is 20.0 Å². The van der Waals surface area contributed by atoms with Gasteiger partial charge < -0.3 is 0 Å². The van der Waals surface area contributed by atoms with E-state index in [-0.39, 0.29) is 17.2 Å². The van der Waals surface area contributed by atoms with E-state index in [0.29, 0.717) is 24.2 Å². The van der Waals surface area contributed by atoms with Crippen LogP contribution in [-0.2, 0) is 12.6 Å². The van der Waals surface area contributed by atoms with Crippen molar-refractivity contribution in [2.75, 3.05) is 0 Å². The van der Waals surface area contributed by atoms with Gasteiger partial charge in [-0.2, -0.15) is 13.2 Å². The second-order valence-electron chi connectivity index (χ2n) is 5.43. The van der Waals surface area contributed by atoms with E-state index in [1.807, 2.05) is 6.92 Å². The van der Waals surface area contributed by atoms with Crippen LogP contribution in [-0.4, -0.2) is 20.0 Å². The van der Waals surface area contributed by atoms with E-state index in [0.717, 1.165) is 23.5 Å². The van der Waals surface area contributed by atoms with Gasteiger partial charge in [0.1, 0.15) is 11.5 Å². The number of hydrogen-bond acceptors (Lipinski definition) is 6. The van der Waals surface area contributed by atoms with Crippen molar-refractivity contribution in [3.8, 4) is 17.2 Å². The lowest BCUT2D eigenvalue weighted by Gasteiger charge is -2.10. The van der Waals surface area contributed by atoms with Crippen molar-refractivity contribution in [3.63, 3.8) is 0 Å². The number of benzene rings is 1. The molecule has 2 aromatic heterocycles. The number of aromatic nitrogens is 4. The molecule has 0 amide bonds. The lowest BCUT2D eigenvalue weighted by molar-refractivity contribution is -0.140. The molecule has 0 saturated carbocycles. The molecule has 1 aromatic carbocycles. The normalized spacial score (nSPS) is 11.9. The molecule has 0 unspecified atom stereocenters. The Hall–Kier alpha value is -2.98. The standard InChI is InChI=1S/C15H12F4N4O3/c1-2-3-4-11-12(21-26-20-11)13-22-25-14(24)23(13)8-5-6-10(16)9(7-8)15(17,18)19/h5-7H,2-4H2,1H3. The summed E-state index contributed by atoms with van der Waals surface area (Å²) in [6.45, 7) is 1.95. The van der Waals surface area contributed by atoms with Crippen LogP contribution in [0.2, 0.25) is 0 Å². The van der Waals surface area contributed by atoms with Crippen molar-refractivity contribution in [3.05, 3.63) is 45.8 Å². The van der Waals surface area contributed by atoms with Crippen LogP contribution in [0.15, 0.2) is 32.1 Å². The fourth-order valence-electron chi connectivity index (χ4n) is 2.38. The van der Waals surface area contributed by atoms with Crippen molar-refractivity contribution in [1.29, 1.82) is 0 Å². The molecule has 0 spiro atoms. The van der Waals surface area contributed by atoms with Crippen LogP contribution in [0.1, 0.15) is 31.0 Å². The van der Waals surface area contributed by atoms with E-state index in [1.54, 1.807) is 0 Å². The second-order valence-corrected chi connectivity index (χ2v) is 5.43. The third-order valence-electron chi connectivity index (χ3n) is 3.65. The molecule has 3 rings (SSSR count). The van der Waals surface area contributed by atoms with Gasteiger partial charge in [-0.15, -0.1) is 0 Å². The summed E-state index contributed by atoms with van der Waals surface area (Å²) in [5, 5.41) is 10.9. The maximum absolute atomic E-state index is 13.5. The molecule has 0 aliphatic rings. The Morgan fingerprint density at radius 3 is 2.65 bits per heavy atom. The van der Waals surface area contributed by atoms with Gasteiger partial charge in [0.2, 0.25) is 5.82 Å². The molecule has 138 valence electrons. The molecule has 7 nitrogen and oxygen atoms in total. The van der Waals surface area contributed by atoms with Crippen LogP contribution < -0.4 is 5.76 Å². The molecule has 0 N–H and O–H groups in total. The molecule has 0 saturated heterocycles. The van der Waals surface area contributed by atoms with Gasteiger partial charge in [0.15, 0.2) is 5.69 Å². The van der Waals surface area contributed by atoms with Gasteiger partial charge in [-0.1, -0.05) is 23.7 Å². The summed E-state index contributed by atoms with van der Waals surface area (Å²) < 4.78 is 62.3. The molecule has 0 radical (unpaired) electrons. The van der Waals surface area contributed by atoms with E-state index in [1.165, 1.54) is 0 Å². The topological polar surface area (TPSA) is 87.0 Å². The molecule has 0 atom stereocenters. The van der Waals surface area contributed by atoms with Crippen LogP contribution in [0.4, 0.5) is 17.6 Å². The van der Waals surface area contributed by atoms with Crippen LogP contribution in [0.25, 0.3) is 17.2 Å². The molecule has 0 aliphatic carbocycles. The van der Waals surface area contributed by atoms with Crippen LogP contribution >= 0.6 is 0 Å². The summed E-state index contributed by atoms with van der Waals surface area (Å²) in [6.07, 6.45) is -2.86. The highest BCUT2D eigenvalue weighted by Gasteiger charge is 2.35. The number of aryl methyl sites for hydroxylation is 1. The summed E-state index contributed by atoms with van der Waals surface area (Å²) >= 11 is 0. The Labute approximate surface area is 143 Å². The predicted octanol–water partition coefficient (Wildman–Crippen LogP) is 3.38. The molecule has 11 heteroatoms. The van der Waals surface area contributed by atoms with Crippen LogP contribution in [0.3, 0.4) is 0 Å². The lowest BCUT2D eigenvalue weighted by atomic mass is 10.1. The number of alkyl halides is 3. The quantitative estimate of drug-likeness (QED) is 0.638. The Morgan fingerprint density at radius 1 is 1.19 bits per heavy atom. The van der Waals surface area contributed by atoms with E-state index in [4.69, 9.17) is 0 Å². The Bertz CT molecular complexity index is 974. The van der Waals surface area contributed by atoms with Gasteiger partial charge in [0.25, 0.3) is 0 Å². The van der Waals surface area contributed by atoms with E-state index in [2.05, 4.69) is 24.6 Å². The first-order chi connectivity index (χ1) is 12.3. The SMILES string of the molecule is CCCCc1nonc1-c1noc(=O)n1-c1ccc(F)c(C(F)(F)F)c1. The van der Waals surface area contributed by atoms with Crippen LogP contribution in [0, 0.1) is 5.82 Å². The molecular weight excluding hydrogens is 360 g/mol. The zero-order valence-electron chi connectivity index (χ0n) is 13.4. The molecule has 0 aliphatic heterocycles. The first-order valence-corrected chi connectivity index (χ1v) is 7.60. The number of rotatable bonds is 5. The minimum Gasteiger partial charge on any atom is -0.295 e. The first kappa shape index (κ1) is 17.8. The highest BCUT2D eigenvalue weighted by molar-refractivity contribution is 5.55. The molecule has 0 bridgehead atoms. The largest absolute Gasteiger partial charge is 0.446 e. The average molecular weight is 372 g/mol. The zero-order valence-corrected chi connectivity index (χ0v) is 13.4. The molecular formula is C15H12F4N4O3. The number of nitrogens with zero attached hydrogens (tertiary/aromatic N) is 4. The molecule has 2 heterocycles. The fourth-order valence-corrected chi connectivity index (χ4v) is 2.38. The predicted molar refractivity (Wildman–Crippen MR) is 79.0 cm³/mol. The Morgan fingerprint density at radius 2 is 1.96 bits per heavy atom. The number of unbranched alkanes of at least 4 members (excludes halogenated alkanes) is 1. The first-order valence-electron chi connectivity index (χ1n) is 7.60. The van der Waals surface area contributed by atoms with Gasteiger partial charge in [-0.25, -0.2) is 18.4 Å². The Kier molecular flexibility index (Phi) is 4.62. The maximum Gasteiger partial charge on any atom is 0.446 e. The fraction of sp³-hybridized carbons (Fsp3) is 0.333. The van der Waals surface area contributed by atoms with E-state index in [9.17, 15) is 22.4 Å². The summed E-state index contributed by atoms with van der Waals surface area (Å²) in [6, 6.07) is 2.11. The highest BCUT2D eigenvalue weighted by atomic mass is 19.4. The third kappa shape index (κ3) is 3.24. The monoisotopic (exact) mass is 372 g/mol. The second kappa shape index (κ2) is 6.73. The average Bonchev–Trinajstić information content (AvgIpc) is 3.18. The van der Waals surface area contributed by atoms with Gasteiger partial charge in [-0.05, 0) is 36.2 Å². The summed E-state index contributed by atoms with van der Waals surface area (Å²) in [4.78, 5) is 12.0. The molecule has 26 heavy (non-hydrogen) atoms. The number of hydrogen-bond donors (Lipinski definition) is 0. The number of halogens is 4.